The van der Waals surface area contributed by atoms with Gasteiger partial charge in [0.2, 0.25) is 0 Å². The highest BCUT2D eigenvalue weighted by Gasteiger charge is 2.12. The van der Waals surface area contributed by atoms with E-state index in [1.54, 1.807) is 19.1 Å². The zero-order valence-corrected chi connectivity index (χ0v) is 11.5. The van der Waals surface area contributed by atoms with E-state index < -0.39 is 12.1 Å². The second-order valence-corrected chi connectivity index (χ2v) is 4.46. The average Bonchev–Trinajstić information content (AvgIpc) is 2.45. The summed E-state index contributed by atoms with van der Waals surface area (Å²) in [5.41, 5.74) is 6.91. The van der Waals surface area contributed by atoms with E-state index in [4.69, 9.17) is 15.2 Å². The molecule has 1 amide bonds. The summed E-state index contributed by atoms with van der Waals surface area (Å²) in [4.78, 5) is 22.7. The number of nitrogens with two attached hydrogens (primary N) is 1. The first-order valence-electron chi connectivity index (χ1n) is 6.35. The molecule has 0 aliphatic rings. The Balaban J connectivity index is 2.04. The van der Waals surface area contributed by atoms with E-state index in [-0.39, 0.29) is 6.61 Å². The molecular weight excluding hydrogens is 270 g/mol. The summed E-state index contributed by atoms with van der Waals surface area (Å²) in [6.45, 7) is 1.94. The summed E-state index contributed by atoms with van der Waals surface area (Å²) in [5.74, 6) is -0.137. The summed E-state index contributed by atoms with van der Waals surface area (Å²) in [7, 11) is 0. The van der Waals surface area contributed by atoms with Gasteiger partial charge in [0.15, 0.2) is 0 Å². The third-order valence-corrected chi connectivity index (χ3v) is 2.85. The zero-order chi connectivity index (χ0) is 15.2. The fourth-order valence-corrected chi connectivity index (χ4v) is 1.85. The predicted molar refractivity (Wildman–Crippen MR) is 77.0 cm³/mol. The minimum atomic E-state index is -0.895. The van der Waals surface area contributed by atoms with Crippen molar-refractivity contribution in [1.82, 2.24) is 0 Å². The van der Waals surface area contributed by atoms with Gasteiger partial charge in [-0.15, -0.1) is 0 Å². The van der Waals surface area contributed by atoms with Gasteiger partial charge in [-0.3, -0.25) is 0 Å². The van der Waals surface area contributed by atoms with Gasteiger partial charge in [0.1, 0.15) is 12.4 Å². The van der Waals surface area contributed by atoms with Gasteiger partial charge in [-0.25, -0.2) is 9.59 Å². The lowest BCUT2D eigenvalue weighted by atomic mass is 10.1. The van der Waals surface area contributed by atoms with E-state index in [0.717, 1.165) is 5.56 Å². The minimum absolute atomic E-state index is 0.207. The van der Waals surface area contributed by atoms with Gasteiger partial charge in [-0.05, 0) is 36.2 Å². The van der Waals surface area contributed by atoms with Crippen LogP contribution in [-0.2, 0) is 11.3 Å². The van der Waals surface area contributed by atoms with Gasteiger partial charge in [0.25, 0.3) is 0 Å². The largest absolute Gasteiger partial charge is 0.457 e. The van der Waals surface area contributed by atoms with E-state index in [2.05, 4.69) is 0 Å². The van der Waals surface area contributed by atoms with Gasteiger partial charge in [0.05, 0.1) is 5.56 Å². The highest BCUT2D eigenvalue weighted by atomic mass is 16.5. The standard InChI is InChI=1S/C16H15NO4/c1-11-9-13(21-16(17)19)7-8-14(11)15(18)20-10-12-5-3-2-4-6-12/h2-9H,10H2,1H3,(H2,17,19). The summed E-state index contributed by atoms with van der Waals surface area (Å²) in [6.07, 6.45) is -0.895. The Morgan fingerprint density at radius 1 is 1.10 bits per heavy atom. The molecule has 108 valence electrons. The molecule has 0 bridgehead atoms. The maximum atomic E-state index is 12.0. The molecule has 0 atom stereocenters. The van der Waals surface area contributed by atoms with E-state index in [1.165, 1.54) is 6.07 Å². The number of hydrogen-bond acceptors (Lipinski definition) is 4. The fourth-order valence-electron chi connectivity index (χ4n) is 1.85. The van der Waals surface area contributed by atoms with Crippen molar-refractivity contribution in [2.75, 3.05) is 0 Å². The van der Waals surface area contributed by atoms with Crippen LogP contribution in [0.25, 0.3) is 0 Å². The minimum Gasteiger partial charge on any atom is -0.457 e. The summed E-state index contributed by atoms with van der Waals surface area (Å²) < 4.78 is 9.99. The van der Waals surface area contributed by atoms with Crippen molar-refractivity contribution in [3.05, 3.63) is 65.2 Å². The number of rotatable bonds is 4. The molecule has 0 aliphatic carbocycles. The van der Waals surface area contributed by atoms with Crippen LogP contribution in [0.15, 0.2) is 48.5 Å². The van der Waals surface area contributed by atoms with Crippen LogP contribution < -0.4 is 10.5 Å². The zero-order valence-electron chi connectivity index (χ0n) is 11.5. The van der Waals surface area contributed by atoms with Gasteiger partial charge in [0, 0.05) is 0 Å². The lowest BCUT2D eigenvalue weighted by molar-refractivity contribution is 0.0472. The number of ether oxygens (including phenoxy) is 2. The van der Waals surface area contributed by atoms with Gasteiger partial charge in [-0.2, -0.15) is 0 Å². The van der Waals surface area contributed by atoms with Crippen LogP contribution in [0.2, 0.25) is 0 Å². The van der Waals surface area contributed by atoms with Crippen molar-refractivity contribution >= 4 is 12.1 Å². The molecule has 5 nitrogen and oxygen atoms in total. The molecule has 2 rings (SSSR count). The van der Waals surface area contributed by atoms with E-state index >= 15 is 0 Å². The molecule has 0 unspecified atom stereocenters. The lowest BCUT2D eigenvalue weighted by Crippen LogP contribution is -2.16. The Labute approximate surface area is 122 Å². The first-order chi connectivity index (χ1) is 10.1. The van der Waals surface area contributed by atoms with Crippen LogP contribution in [0.4, 0.5) is 4.79 Å². The van der Waals surface area contributed by atoms with Crippen LogP contribution in [0.1, 0.15) is 21.5 Å². The molecule has 21 heavy (non-hydrogen) atoms. The molecule has 0 saturated heterocycles. The topological polar surface area (TPSA) is 78.6 Å². The third-order valence-electron chi connectivity index (χ3n) is 2.85. The third kappa shape index (κ3) is 4.07. The van der Waals surface area contributed by atoms with Crippen molar-refractivity contribution in [3.63, 3.8) is 0 Å². The quantitative estimate of drug-likeness (QED) is 0.876. The molecule has 5 heteroatoms. The molecule has 0 aliphatic heterocycles. The van der Waals surface area contributed by atoms with Gasteiger partial charge >= 0.3 is 12.1 Å². The van der Waals surface area contributed by atoms with Crippen LogP contribution in [0.5, 0.6) is 5.75 Å². The Morgan fingerprint density at radius 3 is 2.43 bits per heavy atom. The maximum Gasteiger partial charge on any atom is 0.409 e. The number of primary amides is 1. The molecule has 0 radical (unpaired) electrons. The van der Waals surface area contributed by atoms with Crippen molar-refractivity contribution in [2.24, 2.45) is 5.73 Å². The van der Waals surface area contributed by atoms with Crippen molar-refractivity contribution < 1.29 is 19.1 Å². The van der Waals surface area contributed by atoms with Crippen LogP contribution in [0.3, 0.4) is 0 Å². The number of carbonyl (C=O) groups excluding carboxylic acids is 2. The number of hydrogen-bond donors (Lipinski definition) is 1. The van der Waals surface area contributed by atoms with E-state index in [0.29, 0.717) is 16.9 Å². The Hall–Kier alpha value is -2.82. The van der Waals surface area contributed by atoms with Crippen molar-refractivity contribution in [3.8, 4) is 5.75 Å². The highest BCUT2D eigenvalue weighted by Crippen LogP contribution is 2.18. The molecular formula is C16H15NO4. The van der Waals surface area contributed by atoms with Gasteiger partial charge in [-0.1, -0.05) is 30.3 Å². The second kappa shape index (κ2) is 6.56. The Bertz CT molecular complexity index is 653. The van der Waals surface area contributed by atoms with Crippen LogP contribution in [0, 0.1) is 6.92 Å². The van der Waals surface area contributed by atoms with Gasteiger partial charge < -0.3 is 15.2 Å². The SMILES string of the molecule is Cc1cc(OC(N)=O)ccc1C(=O)OCc1ccccc1. The highest BCUT2D eigenvalue weighted by molar-refractivity contribution is 5.91. The number of esters is 1. The molecule has 0 fully saturated rings. The number of carbonyl (C=O) groups is 2. The summed E-state index contributed by atoms with van der Waals surface area (Å²) >= 11 is 0. The van der Waals surface area contributed by atoms with E-state index in [1.807, 2.05) is 30.3 Å². The molecule has 0 spiro atoms. The smallest absolute Gasteiger partial charge is 0.409 e. The number of amides is 1. The summed E-state index contributed by atoms with van der Waals surface area (Å²) in [5, 5.41) is 0. The van der Waals surface area contributed by atoms with Crippen molar-refractivity contribution in [2.45, 2.75) is 13.5 Å². The molecule has 2 aromatic rings. The number of benzene rings is 2. The monoisotopic (exact) mass is 285 g/mol. The number of aryl methyl sites for hydroxylation is 1. The summed E-state index contributed by atoms with van der Waals surface area (Å²) in [6, 6.07) is 14.0. The van der Waals surface area contributed by atoms with E-state index in [9.17, 15) is 9.59 Å². The first kappa shape index (κ1) is 14.6. The first-order valence-corrected chi connectivity index (χ1v) is 6.35. The predicted octanol–water partition coefficient (Wildman–Crippen LogP) is 2.81. The fraction of sp³-hybridized carbons (Fsp3) is 0.125. The van der Waals surface area contributed by atoms with Crippen LogP contribution >= 0.6 is 0 Å². The maximum absolute atomic E-state index is 12.0. The molecule has 0 heterocycles. The normalized spacial score (nSPS) is 9.95. The molecule has 2 aromatic carbocycles. The molecule has 0 saturated carbocycles. The molecule has 0 aromatic heterocycles. The average molecular weight is 285 g/mol. The molecule has 2 N–H and O–H groups in total. The van der Waals surface area contributed by atoms with Crippen molar-refractivity contribution in [1.29, 1.82) is 0 Å². The lowest BCUT2D eigenvalue weighted by Gasteiger charge is -2.08. The Kier molecular flexibility index (Phi) is 4.56. The van der Waals surface area contributed by atoms with Crippen LogP contribution in [-0.4, -0.2) is 12.1 Å². The second-order valence-electron chi connectivity index (χ2n) is 4.46. The Morgan fingerprint density at radius 2 is 1.81 bits per heavy atom.